The van der Waals surface area contributed by atoms with Crippen LogP contribution in [-0.2, 0) is 30.5 Å². The van der Waals surface area contributed by atoms with Gasteiger partial charge in [0.1, 0.15) is 12.4 Å². The maximum absolute atomic E-state index is 12.8. The molecule has 0 amide bonds. The third-order valence-corrected chi connectivity index (χ3v) is 6.36. The first-order chi connectivity index (χ1) is 16.7. The summed E-state index contributed by atoms with van der Waals surface area (Å²) in [4.78, 5) is 25.4. The predicted octanol–water partition coefficient (Wildman–Crippen LogP) is 4.95. The second-order valence-corrected chi connectivity index (χ2v) is 9.67. The minimum atomic E-state index is -3.42. The van der Waals surface area contributed by atoms with Gasteiger partial charge in [-0.2, -0.15) is 0 Å². The first kappa shape index (κ1) is 25.7. The van der Waals surface area contributed by atoms with Crippen LogP contribution < -0.4 is 4.74 Å². The highest BCUT2D eigenvalue weighted by Gasteiger charge is 2.22. The minimum Gasteiger partial charge on any atom is -0.465 e. The Morgan fingerprint density at radius 1 is 0.857 bits per heavy atom. The van der Waals surface area contributed by atoms with Gasteiger partial charge in [-0.3, -0.25) is 0 Å². The Labute approximate surface area is 204 Å². The number of hydrogen-bond donors (Lipinski definition) is 0. The molecule has 0 aliphatic carbocycles. The molecule has 0 spiro atoms. The molecule has 0 radical (unpaired) electrons. The van der Waals surface area contributed by atoms with Crippen molar-refractivity contribution < 1.29 is 32.2 Å². The number of carbonyl (C=O) groups is 2. The number of esters is 1. The average molecular weight is 495 g/mol. The molecule has 0 aromatic heterocycles. The third kappa shape index (κ3) is 6.80. The van der Waals surface area contributed by atoms with Crippen LogP contribution in [0.4, 0.5) is 4.79 Å². The van der Waals surface area contributed by atoms with Crippen molar-refractivity contribution in [3.05, 3.63) is 95.6 Å². The maximum atomic E-state index is 12.8. The molecule has 3 aromatic carbocycles. The first-order valence-electron chi connectivity index (χ1n) is 10.8. The molecule has 7 nitrogen and oxygen atoms in total. The van der Waals surface area contributed by atoms with Crippen LogP contribution in [0, 0.1) is 0 Å². The van der Waals surface area contributed by atoms with Crippen molar-refractivity contribution in [3.8, 4) is 5.75 Å². The van der Waals surface area contributed by atoms with Crippen molar-refractivity contribution in [1.82, 2.24) is 0 Å². The van der Waals surface area contributed by atoms with Crippen molar-refractivity contribution in [3.63, 3.8) is 0 Å². The monoisotopic (exact) mass is 494 g/mol. The van der Waals surface area contributed by atoms with E-state index in [0.717, 1.165) is 18.2 Å². The molecule has 35 heavy (non-hydrogen) atoms. The average Bonchev–Trinajstić information content (AvgIpc) is 2.86. The number of rotatable bonds is 8. The number of aryl methyl sites for hydroxylation is 1. The van der Waals surface area contributed by atoms with Crippen molar-refractivity contribution in [2.75, 3.05) is 20.0 Å². The van der Waals surface area contributed by atoms with Crippen LogP contribution >= 0.6 is 0 Å². The Morgan fingerprint density at radius 3 is 2.14 bits per heavy atom. The molecular weight excluding hydrogens is 468 g/mol. The standard InChI is InChI=1S/C27H26O7S/c1-4-19-9-8-12-22(17-19)34-27(29)33-18-24(20-13-15-23(16-14-20)35(3,30)31)25(26(28)32-2)21-10-6-5-7-11-21/h5-17H,4,18H2,1-3H3/b25-24+. The molecular formula is C27H26O7S. The summed E-state index contributed by atoms with van der Waals surface area (Å²) in [6.45, 7) is 1.67. The van der Waals surface area contributed by atoms with Crippen LogP contribution in [0.2, 0.25) is 0 Å². The van der Waals surface area contributed by atoms with Gasteiger partial charge in [0, 0.05) is 11.8 Å². The summed E-state index contributed by atoms with van der Waals surface area (Å²) in [5.41, 5.74) is 2.55. The van der Waals surface area contributed by atoms with Crippen LogP contribution in [0.1, 0.15) is 23.6 Å². The van der Waals surface area contributed by atoms with Crippen LogP contribution in [0.3, 0.4) is 0 Å². The topological polar surface area (TPSA) is 96.0 Å². The van der Waals surface area contributed by atoms with Gasteiger partial charge in [0.05, 0.1) is 17.6 Å². The lowest BCUT2D eigenvalue weighted by Gasteiger charge is -2.16. The fourth-order valence-corrected chi connectivity index (χ4v) is 4.04. The van der Waals surface area contributed by atoms with E-state index in [0.29, 0.717) is 22.4 Å². The normalized spacial score (nSPS) is 11.9. The number of ether oxygens (including phenoxy) is 3. The highest BCUT2D eigenvalue weighted by Crippen LogP contribution is 2.29. The zero-order chi connectivity index (χ0) is 25.4. The first-order valence-corrected chi connectivity index (χ1v) is 12.7. The van der Waals surface area contributed by atoms with Gasteiger partial charge in [0.15, 0.2) is 9.84 Å². The van der Waals surface area contributed by atoms with Gasteiger partial charge >= 0.3 is 12.1 Å². The van der Waals surface area contributed by atoms with Gasteiger partial charge in [-0.15, -0.1) is 0 Å². The SMILES string of the molecule is CCc1cccc(OC(=O)OC/C(=C(\C(=O)OC)c2ccccc2)c2ccc(S(C)(=O)=O)cc2)c1. The fraction of sp³-hybridized carbons (Fsp3) is 0.185. The Morgan fingerprint density at radius 2 is 1.54 bits per heavy atom. The zero-order valence-electron chi connectivity index (χ0n) is 19.7. The molecule has 0 unspecified atom stereocenters. The quantitative estimate of drug-likeness (QED) is 0.189. The Hall–Kier alpha value is -3.91. The summed E-state index contributed by atoms with van der Waals surface area (Å²) >= 11 is 0. The van der Waals surface area contributed by atoms with E-state index in [1.165, 1.54) is 19.2 Å². The van der Waals surface area contributed by atoms with E-state index in [4.69, 9.17) is 14.2 Å². The number of hydrogen-bond acceptors (Lipinski definition) is 7. The van der Waals surface area contributed by atoms with Crippen molar-refractivity contribution in [2.45, 2.75) is 18.2 Å². The molecule has 0 heterocycles. The van der Waals surface area contributed by atoms with E-state index >= 15 is 0 Å². The van der Waals surface area contributed by atoms with Gasteiger partial charge in [-0.1, -0.05) is 61.5 Å². The highest BCUT2D eigenvalue weighted by molar-refractivity contribution is 7.90. The van der Waals surface area contributed by atoms with Crippen LogP contribution in [-0.4, -0.2) is 40.5 Å². The Kier molecular flexibility index (Phi) is 8.43. The van der Waals surface area contributed by atoms with Gasteiger partial charge in [0.25, 0.3) is 0 Å². The molecule has 0 aliphatic rings. The van der Waals surface area contributed by atoms with Crippen LogP contribution in [0.25, 0.3) is 11.1 Å². The number of benzene rings is 3. The van der Waals surface area contributed by atoms with E-state index in [1.54, 1.807) is 60.7 Å². The summed E-state index contributed by atoms with van der Waals surface area (Å²) in [7, 11) is -2.16. The summed E-state index contributed by atoms with van der Waals surface area (Å²) in [5.74, 6) is -0.292. The minimum absolute atomic E-state index is 0.121. The molecule has 3 aromatic rings. The summed E-state index contributed by atoms with van der Waals surface area (Å²) in [6.07, 6.45) is 0.943. The largest absolute Gasteiger partial charge is 0.514 e. The summed E-state index contributed by atoms with van der Waals surface area (Å²) in [5, 5.41) is 0. The molecule has 0 saturated carbocycles. The highest BCUT2D eigenvalue weighted by atomic mass is 32.2. The van der Waals surface area contributed by atoms with E-state index in [-0.39, 0.29) is 17.1 Å². The van der Waals surface area contributed by atoms with E-state index in [1.807, 2.05) is 13.0 Å². The zero-order valence-corrected chi connectivity index (χ0v) is 20.5. The molecule has 8 heteroatoms. The lowest BCUT2D eigenvalue weighted by molar-refractivity contribution is -0.133. The molecule has 0 bridgehead atoms. The molecule has 0 atom stereocenters. The second kappa shape index (κ2) is 11.5. The Bertz CT molecular complexity index is 1330. The molecule has 0 N–H and O–H groups in total. The van der Waals surface area contributed by atoms with E-state index < -0.39 is 22.0 Å². The number of methoxy groups -OCH3 is 1. The smallest absolute Gasteiger partial charge is 0.465 e. The van der Waals surface area contributed by atoms with Gasteiger partial charge in [-0.05, 0) is 47.4 Å². The van der Waals surface area contributed by atoms with Crippen LogP contribution in [0.15, 0.2) is 83.8 Å². The fourth-order valence-electron chi connectivity index (χ4n) is 3.41. The maximum Gasteiger partial charge on any atom is 0.514 e. The van der Waals surface area contributed by atoms with E-state index in [9.17, 15) is 18.0 Å². The molecule has 182 valence electrons. The molecule has 3 rings (SSSR count). The van der Waals surface area contributed by atoms with Gasteiger partial charge < -0.3 is 14.2 Å². The summed E-state index contributed by atoms with van der Waals surface area (Å²) in [6, 6.07) is 21.8. The van der Waals surface area contributed by atoms with Gasteiger partial charge in [0.2, 0.25) is 0 Å². The Balaban J connectivity index is 1.99. The number of sulfone groups is 1. The lowest BCUT2D eigenvalue weighted by Crippen LogP contribution is -2.15. The van der Waals surface area contributed by atoms with Crippen molar-refractivity contribution in [2.24, 2.45) is 0 Å². The van der Waals surface area contributed by atoms with Crippen molar-refractivity contribution >= 4 is 33.1 Å². The van der Waals surface area contributed by atoms with Crippen LogP contribution in [0.5, 0.6) is 5.75 Å². The van der Waals surface area contributed by atoms with E-state index in [2.05, 4.69) is 0 Å². The molecule has 0 fully saturated rings. The second-order valence-electron chi connectivity index (χ2n) is 7.65. The van der Waals surface area contributed by atoms with Gasteiger partial charge in [-0.25, -0.2) is 18.0 Å². The third-order valence-electron chi connectivity index (χ3n) is 5.23. The molecule has 0 saturated heterocycles. The van der Waals surface area contributed by atoms with Crippen molar-refractivity contribution in [1.29, 1.82) is 0 Å². The number of carbonyl (C=O) groups excluding carboxylic acids is 2. The predicted molar refractivity (Wildman–Crippen MR) is 133 cm³/mol. The lowest BCUT2D eigenvalue weighted by atomic mass is 9.95. The molecule has 0 aliphatic heterocycles. The summed E-state index contributed by atoms with van der Waals surface area (Å²) < 4.78 is 39.5.